The molecule has 11 nitrogen and oxygen atoms in total. The maximum absolute atomic E-state index is 13.7. The van der Waals surface area contributed by atoms with E-state index < -0.39 is 63.4 Å². The van der Waals surface area contributed by atoms with Crippen molar-refractivity contribution in [3.63, 3.8) is 0 Å². The van der Waals surface area contributed by atoms with Crippen molar-refractivity contribution >= 4 is 52.1 Å². The SMILES string of the molecule is CC1(C)SC2C(N(C(=O)CNc3ccc(O)cc3)C(=O)c3coc4ccccc4c3=O)C(=O)N2C1C(=O)O. The Kier molecular flexibility index (Phi) is 6.14. The summed E-state index contributed by atoms with van der Waals surface area (Å²) in [7, 11) is 0. The van der Waals surface area contributed by atoms with Crippen LogP contribution in [0, 0.1) is 0 Å². The molecule has 3 aromatic rings. The first-order valence-corrected chi connectivity index (χ1v) is 12.5. The van der Waals surface area contributed by atoms with Crippen molar-refractivity contribution in [2.45, 2.75) is 36.1 Å². The first kappa shape index (κ1) is 25.3. The smallest absolute Gasteiger partial charge is 0.327 e. The first-order valence-electron chi connectivity index (χ1n) is 11.6. The monoisotopic (exact) mass is 537 g/mol. The van der Waals surface area contributed by atoms with E-state index in [1.807, 2.05) is 0 Å². The Morgan fingerprint density at radius 1 is 1.11 bits per heavy atom. The number of hydrogen-bond acceptors (Lipinski definition) is 9. The van der Waals surface area contributed by atoms with Crippen LogP contribution in [0.25, 0.3) is 11.0 Å². The van der Waals surface area contributed by atoms with E-state index in [2.05, 4.69) is 5.32 Å². The molecule has 196 valence electrons. The summed E-state index contributed by atoms with van der Waals surface area (Å²) in [5, 5.41) is 21.4. The van der Waals surface area contributed by atoms with E-state index in [4.69, 9.17) is 4.42 Å². The number of carboxylic acid groups (broad SMARTS) is 1. The Labute approximate surface area is 220 Å². The summed E-state index contributed by atoms with van der Waals surface area (Å²) >= 11 is 1.18. The van der Waals surface area contributed by atoms with E-state index in [0.717, 1.165) is 11.2 Å². The topological polar surface area (TPSA) is 157 Å². The second kappa shape index (κ2) is 9.21. The summed E-state index contributed by atoms with van der Waals surface area (Å²) in [4.78, 5) is 67.5. The lowest BCUT2D eigenvalue weighted by molar-refractivity contribution is -0.166. The van der Waals surface area contributed by atoms with Gasteiger partial charge in [-0.2, -0.15) is 0 Å². The Bertz CT molecular complexity index is 1530. The molecule has 2 aromatic carbocycles. The van der Waals surface area contributed by atoms with Gasteiger partial charge in [0.05, 0.1) is 11.9 Å². The molecule has 2 aliphatic rings. The maximum Gasteiger partial charge on any atom is 0.327 e. The number of hydrogen-bond donors (Lipinski definition) is 3. The molecule has 2 fully saturated rings. The quantitative estimate of drug-likeness (QED) is 0.314. The Morgan fingerprint density at radius 2 is 1.79 bits per heavy atom. The van der Waals surface area contributed by atoms with Gasteiger partial charge in [-0.05, 0) is 50.2 Å². The zero-order valence-corrected chi connectivity index (χ0v) is 21.1. The van der Waals surface area contributed by atoms with Crippen LogP contribution >= 0.6 is 11.8 Å². The van der Waals surface area contributed by atoms with Gasteiger partial charge in [-0.25, -0.2) is 4.79 Å². The van der Waals surface area contributed by atoms with Crippen molar-refractivity contribution in [1.29, 1.82) is 0 Å². The molecule has 2 aliphatic heterocycles. The van der Waals surface area contributed by atoms with E-state index in [1.54, 1.807) is 32.0 Å². The summed E-state index contributed by atoms with van der Waals surface area (Å²) in [5.74, 6) is -3.68. The van der Waals surface area contributed by atoms with Gasteiger partial charge in [-0.1, -0.05) is 12.1 Å². The van der Waals surface area contributed by atoms with Crippen LogP contribution in [0.3, 0.4) is 0 Å². The van der Waals surface area contributed by atoms with Crippen LogP contribution in [0.15, 0.2) is 64.0 Å². The molecule has 5 rings (SSSR count). The molecule has 12 heteroatoms. The second-order valence-electron chi connectivity index (χ2n) is 9.49. The Hall–Kier alpha value is -4.32. The van der Waals surface area contributed by atoms with Crippen molar-refractivity contribution in [2.24, 2.45) is 0 Å². The van der Waals surface area contributed by atoms with E-state index >= 15 is 0 Å². The molecule has 0 bridgehead atoms. The number of carbonyl (C=O) groups is 4. The fourth-order valence-corrected chi connectivity index (χ4v) is 6.49. The molecule has 0 aliphatic carbocycles. The highest BCUT2D eigenvalue weighted by atomic mass is 32.2. The summed E-state index contributed by atoms with van der Waals surface area (Å²) < 4.78 is 4.58. The number of β-lactam (4-membered cyclic amide) rings is 1. The van der Waals surface area contributed by atoms with Gasteiger partial charge in [0, 0.05) is 10.4 Å². The number of phenolic OH excluding ortho intramolecular Hbond substituents is 1. The van der Waals surface area contributed by atoms with Crippen LogP contribution in [-0.2, 0) is 14.4 Å². The standard InChI is InChI=1S/C26H23N3O8S/c1-26(2)21(25(35)36)29-23(34)19(24(29)38-26)28(18(31)11-27-13-7-9-14(30)10-8-13)22(33)16-12-37-17-6-4-3-5-15(17)20(16)32/h3-10,12,19,21,24,27,30H,11H2,1-2H3,(H,35,36). The first-order chi connectivity index (χ1) is 18.0. The minimum atomic E-state index is -1.31. The van der Waals surface area contributed by atoms with Crippen LogP contribution in [0.1, 0.15) is 24.2 Å². The van der Waals surface area contributed by atoms with Gasteiger partial charge >= 0.3 is 5.97 Å². The molecule has 0 radical (unpaired) electrons. The largest absolute Gasteiger partial charge is 0.508 e. The lowest BCUT2D eigenvalue weighted by Gasteiger charge is -2.47. The van der Waals surface area contributed by atoms with Crippen LogP contribution in [0.4, 0.5) is 5.69 Å². The van der Waals surface area contributed by atoms with Gasteiger partial charge in [-0.3, -0.25) is 24.1 Å². The zero-order chi connectivity index (χ0) is 27.4. The number of nitrogens with zero attached hydrogens (tertiary/aromatic N) is 2. The summed E-state index contributed by atoms with van der Waals surface area (Å²) in [6, 6.07) is 9.73. The molecule has 3 heterocycles. The lowest BCUT2D eigenvalue weighted by Crippen LogP contribution is -2.72. The number of imide groups is 1. The Morgan fingerprint density at radius 3 is 2.47 bits per heavy atom. The molecule has 3 unspecified atom stereocenters. The van der Waals surface area contributed by atoms with E-state index in [-0.39, 0.29) is 16.7 Å². The Balaban J connectivity index is 1.51. The predicted molar refractivity (Wildman–Crippen MR) is 138 cm³/mol. The highest BCUT2D eigenvalue weighted by Gasteiger charge is 2.66. The molecule has 3 N–H and O–H groups in total. The number of phenols is 1. The molecular weight excluding hydrogens is 514 g/mol. The van der Waals surface area contributed by atoms with Crippen LogP contribution in [-0.4, -0.2) is 72.5 Å². The number of thioether (sulfide) groups is 1. The van der Waals surface area contributed by atoms with Crippen molar-refractivity contribution in [3.8, 4) is 5.75 Å². The molecule has 1 aromatic heterocycles. The maximum atomic E-state index is 13.7. The van der Waals surface area contributed by atoms with E-state index in [0.29, 0.717) is 5.69 Å². The number of para-hydroxylation sites is 1. The second-order valence-corrected chi connectivity index (χ2v) is 11.3. The van der Waals surface area contributed by atoms with Gasteiger partial charge in [-0.15, -0.1) is 11.8 Å². The average molecular weight is 538 g/mol. The normalized spacial score (nSPS) is 21.5. The fourth-order valence-electron chi connectivity index (χ4n) is 4.82. The van der Waals surface area contributed by atoms with Crippen molar-refractivity contribution in [3.05, 3.63) is 70.6 Å². The van der Waals surface area contributed by atoms with Gasteiger partial charge in [0.15, 0.2) is 0 Å². The molecule has 2 saturated heterocycles. The van der Waals surface area contributed by atoms with Crippen molar-refractivity contribution in [1.82, 2.24) is 9.80 Å². The third kappa shape index (κ3) is 4.06. The van der Waals surface area contributed by atoms with Gasteiger partial charge in [0.2, 0.25) is 11.3 Å². The van der Waals surface area contributed by atoms with E-state index in [1.165, 1.54) is 47.0 Å². The summed E-state index contributed by atoms with van der Waals surface area (Å²) in [6.45, 7) is 2.94. The molecule has 3 amide bonds. The third-order valence-corrected chi connectivity index (χ3v) is 8.19. The van der Waals surface area contributed by atoms with Crippen LogP contribution in [0.5, 0.6) is 5.75 Å². The number of nitrogens with one attached hydrogen (secondary N) is 1. The molecule has 0 saturated carbocycles. The number of aromatic hydroxyl groups is 1. The minimum absolute atomic E-state index is 0.0238. The number of benzene rings is 2. The van der Waals surface area contributed by atoms with Crippen molar-refractivity contribution < 1.29 is 33.8 Å². The number of amides is 3. The lowest BCUT2D eigenvalue weighted by atomic mass is 9.94. The number of aliphatic carboxylic acids is 1. The average Bonchev–Trinajstić information content (AvgIpc) is 3.14. The number of anilines is 1. The van der Waals surface area contributed by atoms with Gasteiger partial charge in [0.25, 0.3) is 11.8 Å². The number of carboxylic acids is 1. The third-order valence-electron chi connectivity index (χ3n) is 6.63. The number of carbonyl (C=O) groups excluding carboxylic acids is 3. The number of fused-ring (bicyclic) bond motifs is 2. The van der Waals surface area contributed by atoms with Crippen molar-refractivity contribution in [2.75, 3.05) is 11.9 Å². The summed E-state index contributed by atoms with van der Waals surface area (Å²) in [6.07, 6.45) is 0.966. The molecule has 38 heavy (non-hydrogen) atoms. The predicted octanol–water partition coefficient (Wildman–Crippen LogP) is 2.09. The molecule has 3 atom stereocenters. The van der Waals surface area contributed by atoms with E-state index in [9.17, 15) is 34.2 Å². The highest BCUT2D eigenvalue weighted by molar-refractivity contribution is 8.01. The zero-order valence-electron chi connectivity index (χ0n) is 20.3. The fraction of sp³-hybridized carbons (Fsp3) is 0.269. The number of rotatable bonds is 6. The molecule has 0 spiro atoms. The minimum Gasteiger partial charge on any atom is -0.508 e. The molecular formula is C26H23N3O8S. The summed E-state index contributed by atoms with van der Waals surface area (Å²) in [5.41, 5.74) is -0.362. The van der Waals surface area contributed by atoms with Gasteiger partial charge in [0.1, 0.15) is 40.6 Å². The van der Waals surface area contributed by atoms with Gasteiger partial charge < -0.3 is 24.8 Å². The highest BCUT2D eigenvalue weighted by Crippen LogP contribution is 2.52. The van der Waals surface area contributed by atoms with Crippen LogP contribution < -0.4 is 10.7 Å². The van der Waals surface area contributed by atoms with Crippen LogP contribution in [0.2, 0.25) is 0 Å².